The van der Waals surface area contributed by atoms with Crippen LogP contribution in [0, 0.1) is 18.8 Å². The van der Waals surface area contributed by atoms with Crippen molar-refractivity contribution in [3.63, 3.8) is 0 Å². The number of aryl methyl sites for hydroxylation is 1. The summed E-state index contributed by atoms with van der Waals surface area (Å²) in [5.74, 6) is -1.04. The second-order valence-electron chi connectivity index (χ2n) is 5.40. The summed E-state index contributed by atoms with van der Waals surface area (Å²) in [6, 6.07) is 2.10. The van der Waals surface area contributed by atoms with Crippen LogP contribution in [0.1, 0.15) is 42.2 Å². The van der Waals surface area contributed by atoms with Crippen molar-refractivity contribution in [2.45, 2.75) is 44.8 Å². The highest BCUT2D eigenvalue weighted by Crippen LogP contribution is 2.44. The van der Waals surface area contributed by atoms with Crippen LogP contribution in [0.15, 0.2) is 11.4 Å². The Labute approximate surface area is 116 Å². The summed E-state index contributed by atoms with van der Waals surface area (Å²) in [6.45, 7) is 2.03. The van der Waals surface area contributed by atoms with Crippen molar-refractivity contribution >= 4 is 11.3 Å². The number of hydrogen-bond donors (Lipinski definition) is 1. The molecule has 19 heavy (non-hydrogen) atoms. The molecule has 1 aliphatic carbocycles. The minimum Gasteiger partial charge on any atom is -0.312 e. The molecule has 5 heteroatoms. The zero-order valence-electron chi connectivity index (χ0n) is 11.3. The number of thiophene rings is 1. The van der Waals surface area contributed by atoms with Gasteiger partial charge in [0.2, 0.25) is 0 Å². The fraction of sp³-hybridized carbons (Fsp3) is 0.714. The Hall–Kier alpha value is -0.550. The zero-order chi connectivity index (χ0) is 14.0. The molecule has 1 heterocycles. The summed E-state index contributed by atoms with van der Waals surface area (Å²) in [5, 5.41) is 5.24. The second kappa shape index (κ2) is 5.83. The van der Waals surface area contributed by atoms with Crippen molar-refractivity contribution in [3.05, 3.63) is 21.9 Å². The van der Waals surface area contributed by atoms with Gasteiger partial charge in [0.1, 0.15) is 0 Å². The monoisotopic (exact) mass is 291 g/mol. The predicted octanol–water partition coefficient (Wildman–Crippen LogP) is 4.69. The Morgan fingerprint density at radius 2 is 2.11 bits per heavy atom. The van der Waals surface area contributed by atoms with Crippen LogP contribution in [-0.2, 0) is 0 Å². The van der Waals surface area contributed by atoms with Crippen molar-refractivity contribution in [3.8, 4) is 0 Å². The number of halogens is 3. The Balaban J connectivity index is 2.13. The molecule has 0 aromatic carbocycles. The minimum absolute atomic E-state index is 0.0603. The van der Waals surface area contributed by atoms with Crippen LogP contribution in [0.4, 0.5) is 13.2 Å². The first-order valence-electron chi connectivity index (χ1n) is 6.71. The van der Waals surface area contributed by atoms with E-state index in [1.165, 1.54) is 10.4 Å². The smallest absolute Gasteiger partial charge is 0.312 e. The van der Waals surface area contributed by atoms with Gasteiger partial charge in [-0.05, 0) is 56.2 Å². The maximum atomic E-state index is 12.9. The zero-order valence-corrected chi connectivity index (χ0v) is 12.1. The lowest BCUT2D eigenvalue weighted by Crippen LogP contribution is -2.34. The van der Waals surface area contributed by atoms with E-state index in [1.807, 2.05) is 25.4 Å². The lowest BCUT2D eigenvalue weighted by Gasteiger charge is -2.35. The van der Waals surface area contributed by atoms with E-state index in [2.05, 4.69) is 5.32 Å². The van der Waals surface area contributed by atoms with Crippen LogP contribution < -0.4 is 5.32 Å². The fourth-order valence-electron chi connectivity index (χ4n) is 3.11. The van der Waals surface area contributed by atoms with E-state index < -0.39 is 12.1 Å². The standard InChI is InChI=1S/C14H20F3NS/c1-9-6-7-19-13(9)12(18-2)10-4-3-5-11(8-10)14(15,16)17/h6-7,10-12,18H,3-5,8H2,1-2H3. The average Bonchev–Trinajstić information content (AvgIpc) is 2.76. The summed E-state index contributed by atoms with van der Waals surface area (Å²) in [5.41, 5.74) is 1.18. The molecule has 0 radical (unpaired) electrons. The highest BCUT2D eigenvalue weighted by Gasteiger charge is 2.43. The van der Waals surface area contributed by atoms with Gasteiger partial charge in [0.25, 0.3) is 0 Å². The van der Waals surface area contributed by atoms with Crippen molar-refractivity contribution < 1.29 is 13.2 Å². The molecular weight excluding hydrogens is 271 g/mol. The van der Waals surface area contributed by atoms with E-state index in [4.69, 9.17) is 0 Å². The van der Waals surface area contributed by atoms with Gasteiger partial charge in [-0.2, -0.15) is 13.2 Å². The third-order valence-electron chi connectivity index (χ3n) is 4.14. The largest absolute Gasteiger partial charge is 0.391 e. The van der Waals surface area contributed by atoms with Gasteiger partial charge in [-0.25, -0.2) is 0 Å². The molecule has 0 saturated heterocycles. The molecule has 2 rings (SSSR count). The molecule has 1 aromatic heterocycles. The molecule has 0 aliphatic heterocycles. The quantitative estimate of drug-likeness (QED) is 0.852. The van der Waals surface area contributed by atoms with Gasteiger partial charge >= 0.3 is 6.18 Å². The molecule has 1 nitrogen and oxygen atoms in total. The summed E-state index contributed by atoms with van der Waals surface area (Å²) in [4.78, 5) is 1.19. The van der Waals surface area contributed by atoms with E-state index in [0.717, 1.165) is 6.42 Å². The second-order valence-corrected chi connectivity index (χ2v) is 6.35. The molecule has 1 fully saturated rings. The van der Waals surface area contributed by atoms with Gasteiger partial charge in [0.05, 0.1) is 5.92 Å². The molecule has 1 aliphatic rings. The lowest BCUT2D eigenvalue weighted by atomic mass is 9.77. The molecule has 1 N–H and O–H groups in total. The Morgan fingerprint density at radius 1 is 1.37 bits per heavy atom. The van der Waals surface area contributed by atoms with Crippen molar-refractivity contribution in [1.82, 2.24) is 5.32 Å². The van der Waals surface area contributed by atoms with E-state index in [0.29, 0.717) is 12.8 Å². The van der Waals surface area contributed by atoms with Gasteiger partial charge < -0.3 is 5.32 Å². The molecule has 1 saturated carbocycles. The Kier molecular flexibility index (Phi) is 4.56. The van der Waals surface area contributed by atoms with Crippen LogP contribution in [-0.4, -0.2) is 13.2 Å². The van der Waals surface area contributed by atoms with Crippen molar-refractivity contribution in [2.24, 2.45) is 11.8 Å². The molecule has 3 unspecified atom stereocenters. The normalized spacial score (nSPS) is 26.4. The summed E-state index contributed by atoms with van der Waals surface area (Å²) in [6.07, 6.45) is -1.93. The Morgan fingerprint density at radius 3 is 2.63 bits per heavy atom. The maximum absolute atomic E-state index is 12.9. The van der Waals surface area contributed by atoms with E-state index in [9.17, 15) is 13.2 Å². The molecule has 0 amide bonds. The first kappa shape index (κ1) is 14.9. The van der Waals surface area contributed by atoms with Gasteiger partial charge in [0, 0.05) is 10.9 Å². The summed E-state index contributed by atoms with van der Waals surface area (Å²) < 4.78 is 38.7. The minimum atomic E-state index is -4.04. The molecule has 0 bridgehead atoms. The van der Waals surface area contributed by atoms with Crippen LogP contribution in [0.2, 0.25) is 0 Å². The van der Waals surface area contributed by atoms with Gasteiger partial charge in [-0.15, -0.1) is 11.3 Å². The number of nitrogens with one attached hydrogen (secondary N) is 1. The van der Waals surface area contributed by atoms with Crippen molar-refractivity contribution in [1.29, 1.82) is 0 Å². The number of hydrogen-bond acceptors (Lipinski definition) is 2. The highest BCUT2D eigenvalue weighted by molar-refractivity contribution is 7.10. The first-order chi connectivity index (χ1) is 8.93. The highest BCUT2D eigenvalue weighted by atomic mass is 32.1. The average molecular weight is 291 g/mol. The predicted molar refractivity (Wildman–Crippen MR) is 72.4 cm³/mol. The SMILES string of the molecule is CNC(c1sccc1C)C1CCCC(C(F)(F)F)C1. The Bertz CT molecular complexity index is 413. The number of alkyl halides is 3. The van der Waals surface area contributed by atoms with E-state index in [-0.39, 0.29) is 18.4 Å². The molecular formula is C14H20F3NS. The third kappa shape index (κ3) is 3.31. The van der Waals surface area contributed by atoms with Gasteiger partial charge in [0.15, 0.2) is 0 Å². The van der Waals surface area contributed by atoms with E-state index in [1.54, 1.807) is 11.3 Å². The number of rotatable bonds is 3. The van der Waals surface area contributed by atoms with Crippen LogP contribution >= 0.6 is 11.3 Å². The molecule has 1 aromatic rings. The first-order valence-corrected chi connectivity index (χ1v) is 7.59. The molecule has 3 atom stereocenters. The van der Waals surface area contributed by atoms with Gasteiger partial charge in [-0.1, -0.05) is 6.42 Å². The molecule has 0 spiro atoms. The van der Waals surface area contributed by atoms with Crippen molar-refractivity contribution in [2.75, 3.05) is 7.05 Å². The van der Waals surface area contributed by atoms with Crippen LogP contribution in [0.5, 0.6) is 0 Å². The van der Waals surface area contributed by atoms with E-state index >= 15 is 0 Å². The summed E-state index contributed by atoms with van der Waals surface area (Å²) >= 11 is 1.64. The lowest BCUT2D eigenvalue weighted by molar-refractivity contribution is -0.186. The maximum Gasteiger partial charge on any atom is 0.391 e. The van der Waals surface area contributed by atoms with Gasteiger partial charge in [-0.3, -0.25) is 0 Å². The van der Waals surface area contributed by atoms with Crippen LogP contribution in [0.3, 0.4) is 0 Å². The third-order valence-corrected chi connectivity index (χ3v) is 5.25. The summed E-state index contributed by atoms with van der Waals surface area (Å²) in [7, 11) is 1.85. The molecule has 108 valence electrons. The van der Waals surface area contributed by atoms with Crippen LogP contribution in [0.25, 0.3) is 0 Å². The topological polar surface area (TPSA) is 12.0 Å². The fourth-order valence-corrected chi connectivity index (χ4v) is 4.24.